The third-order valence-corrected chi connectivity index (χ3v) is 2.66. The van der Waals surface area contributed by atoms with Crippen LogP contribution in [0.3, 0.4) is 0 Å². The summed E-state index contributed by atoms with van der Waals surface area (Å²) >= 11 is 2.13. The zero-order chi connectivity index (χ0) is 12.3. The van der Waals surface area contributed by atoms with E-state index in [4.69, 9.17) is 0 Å². The second-order valence-corrected chi connectivity index (χ2v) is 4.96. The second kappa shape index (κ2) is 5.07. The molecule has 16 heavy (non-hydrogen) atoms. The van der Waals surface area contributed by atoms with Gasteiger partial charge in [-0.15, -0.1) is 0 Å². The Hall–Kier alpha value is -0.720. The Bertz CT molecular complexity index is 401. The fraction of sp³-hybridized carbons (Fsp3) is 0.364. The van der Waals surface area contributed by atoms with Gasteiger partial charge in [0.1, 0.15) is 0 Å². The second-order valence-electron chi connectivity index (χ2n) is 3.71. The zero-order valence-electron chi connectivity index (χ0n) is 8.98. The molecule has 2 nitrogen and oxygen atoms in total. The van der Waals surface area contributed by atoms with E-state index >= 15 is 0 Å². The minimum Gasteiger partial charge on any atom is -0.346 e. The summed E-state index contributed by atoms with van der Waals surface area (Å²) in [6.07, 6.45) is 0. The van der Waals surface area contributed by atoms with E-state index in [1.54, 1.807) is 19.1 Å². The average Bonchev–Trinajstić information content (AvgIpc) is 2.13. The van der Waals surface area contributed by atoms with E-state index in [9.17, 15) is 13.6 Å². The molecule has 88 valence electrons. The van der Waals surface area contributed by atoms with E-state index in [-0.39, 0.29) is 0 Å². The Balaban J connectivity index is 2.74. The Labute approximate surface area is 107 Å². The van der Waals surface area contributed by atoms with Crippen LogP contribution in [0.1, 0.15) is 22.8 Å². The molecule has 0 aromatic heterocycles. The number of carbonyl (C=O) groups is 1. The molecular weight excluding hydrogens is 327 g/mol. The minimum absolute atomic E-state index is 0.435. The molecule has 1 rings (SSSR count). The van der Waals surface area contributed by atoms with Gasteiger partial charge >= 0.3 is 0 Å². The van der Waals surface area contributed by atoms with E-state index in [0.717, 1.165) is 16.1 Å². The van der Waals surface area contributed by atoms with Crippen molar-refractivity contribution in [3.8, 4) is 0 Å². The highest BCUT2D eigenvalue weighted by Crippen LogP contribution is 2.14. The number of carbonyl (C=O) groups excluding carboxylic acids is 1. The smallest absolute Gasteiger partial charge is 0.262 e. The summed E-state index contributed by atoms with van der Waals surface area (Å²) in [6.45, 7) is 1.91. The normalized spacial score (nSPS) is 11.3. The highest BCUT2D eigenvalue weighted by molar-refractivity contribution is 14.1. The largest absolute Gasteiger partial charge is 0.346 e. The summed E-state index contributed by atoms with van der Waals surface area (Å²) in [4.78, 5) is 11.6. The number of hydrogen-bond acceptors (Lipinski definition) is 1. The Morgan fingerprint density at radius 1 is 1.50 bits per heavy atom. The van der Waals surface area contributed by atoms with Crippen molar-refractivity contribution >= 4 is 28.5 Å². The predicted octanol–water partition coefficient (Wildman–Crippen LogP) is 2.98. The van der Waals surface area contributed by atoms with Crippen LogP contribution < -0.4 is 5.32 Å². The van der Waals surface area contributed by atoms with E-state index in [1.165, 1.54) is 0 Å². The van der Waals surface area contributed by atoms with E-state index in [2.05, 4.69) is 27.9 Å². The lowest BCUT2D eigenvalue weighted by Gasteiger charge is -2.12. The molecule has 0 aliphatic rings. The molecule has 0 spiro atoms. The van der Waals surface area contributed by atoms with Crippen LogP contribution in [0.4, 0.5) is 8.78 Å². The zero-order valence-corrected chi connectivity index (χ0v) is 11.1. The standard InChI is InChI=1S/C11H12F2INO/c1-7-5-8(14)3-4-9(7)10(16)15-6-11(2,12)13/h3-5H,6H2,1-2H3,(H,15,16). The molecule has 0 fully saturated rings. The third-order valence-electron chi connectivity index (χ3n) is 1.99. The first kappa shape index (κ1) is 13.3. The molecule has 5 heteroatoms. The maximum Gasteiger partial charge on any atom is 0.262 e. The van der Waals surface area contributed by atoms with Gasteiger partial charge in [-0.3, -0.25) is 4.79 Å². The van der Waals surface area contributed by atoms with Crippen LogP contribution in [-0.2, 0) is 0 Å². The van der Waals surface area contributed by atoms with Gasteiger partial charge < -0.3 is 5.32 Å². The quantitative estimate of drug-likeness (QED) is 0.843. The number of hydrogen-bond donors (Lipinski definition) is 1. The molecule has 0 radical (unpaired) electrons. The van der Waals surface area contributed by atoms with Crippen LogP contribution in [0.2, 0.25) is 0 Å². The maximum absolute atomic E-state index is 12.5. The van der Waals surface area contributed by atoms with Gasteiger partial charge in [0.05, 0.1) is 6.54 Å². The maximum atomic E-state index is 12.5. The number of amides is 1. The van der Waals surface area contributed by atoms with Crippen LogP contribution in [0.25, 0.3) is 0 Å². The van der Waals surface area contributed by atoms with Crippen molar-refractivity contribution < 1.29 is 13.6 Å². The molecule has 0 atom stereocenters. The highest BCUT2D eigenvalue weighted by Gasteiger charge is 2.22. The molecule has 0 saturated heterocycles. The summed E-state index contributed by atoms with van der Waals surface area (Å²) in [5.74, 6) is -3.34. The lowest BCUT2D eigenvalue weighted by atomic mass is 10.1. The molecule has 0 aliphatic carbocycles. The van der Waals surface area contributed by atoms with Crippen LogP contribution >= 0.6 is 22.6 Å². The fourth-order valence-electron chi connectivity index (χ4n) is 1.21. The molecule has 1 aromatic carbocycles. The predicted molar refractivity (Wildman–Crippen MR) is 66.9 cm³/mol. The summed E-state index contributed by atoms with van der Waals surface area (Å²) in [6, 6.07) is 5.24. The van der Waals surface area contributed by atoms with Gasteiger partial charge in [0.15, 0.2) is 0 Å². The topological polar surface area (TPSA) is 29.1 Å². The monoisotopic (exact) mass is 339 g/mol. The number of alkyl halides is 2. The summed E-state index contributed by atoms with van der Waals surface area (Å²) in [5.41, 5.74) is 1.22. The van der Waals surface area contributed by atoms with Crippen molar-refractivity contribution in [2.45, 2.75) is 19.8 Å². The first-order valence-corrected chi connectivity index (χ1v) is 5.79. The van der Waals surface area contributed by atoms with Crippen molar-refractivity contribution in [2.24, 2.45) is 0 Å². The SMILES string of the molecule is Cc1cc(I)ccc1C(=O)NCC(C)(F)F. The number of benzene rings is 1. The first-order valence-electron chi connectivity index (χ1n) is 4.72. The van der Waals surface area contributed by atoms with Gasteiger partial charge in [0.2, 0.25) is 0 Å². The molecule has 1 N–H and O–H groups in total. The summed E-state index contributed by atoms with van der Waals surface area (Å²) < 4.78 is 26.1. The average molecular weight is 339 g/mol. The Morgan fingerprint density at radius 2 is 2.12 bits per heavy atom. The molecule has 0 unspecified atom stereocenters. The van der Waals surface area contributed by atoms with Gasteiger partial charge in [-0.25, -0.2) is 8.78 Å². The Kier molecular flexibility index (Phi) is 4.23. The van der Waals surface area contributed by atoms with Gasteiger partial charge in [-0.1, -0.05) is 0 Å². The lowest BCUT2D eigenvalue weighted by molar-refractivity contribution is 0.0221. The minimum atomic E-state index is -2.88. The summed E-state index contributed by atoms with van der Waals surface area (Å²) in [7, 11) is 0. The molecule has 0 bridgehead atoms. The van der Waals surface area contributed by atoms with Gasteiger partial charge in [-0.05, 0) is 53.3 Å². The molecular formula is C11H12F2INO. The van der Waals surface area contributed by atoms with E-state index in [0.29, 0.717) is 5.56 Å². The van der Waals surface area contributed by atoms with Gasteiger partial charge in [0.25, 0.3) is 11.8 Å². The van der Waals surface area contributed by atoms with Crippen LogP contribution in [0.5, 0.6) is 0 Å². The number of rotatable bonds is 3. The highest BCUT2D eigenvalue weighted by atomic mass is 127. The van der Waals surface area contributed by atoms with Gasteiger partial charge in [-0.2, -0.15) is 0 Å². The van der Waals surface area contributed by atoms with Crippen molar-refractivity contribution in [3.05, 3.63) is 32.9 Å². The Morgan fingerprint density at radius 3 is 2.62 bits per heavy atom. The number of halogens is 3. The molecule has 0 heterocycles. The fourth-order valence-corrected chi connectivity index (χ4v) is 1.86. The summed E-state index contributed by atoms with van der Waals surface area (Å²) in [5, 5.41) is 2.21. The van der Waals surface area contributed by atoms with Crippen molar-refractivity contribution in [1.82, 2.24) is 5.32 Å². The third kappa shape index (κ3) is 4.03. The van der Waals surface area contributed by atoms with Crippen molar-refractivity contribution in [1.29, 1.82) is 0 Å². The first-order chi connectivity index (χ1) is 7.29. The molecule has 0 saturated carbocycles. The number of nitrogens with one attached hydrogen (secondary N) is 1. The van der Waals surface area contributed by atoms with Crippen LogP contribution in [-0.4, -0.2) is 18.4 Å². The van der Waals surface area contributed by atoms with E-state index < -0.39 is 18.4 Å². The van der Waals surface area contributed by atoms with E-state index in [1.807, 2.05) is 6.07 Å². The van der Waals surface area contributed by atoms with Crippen LogP contribution in [0, 0.1) is 10.5 Å². The molecule has 0 aliphatic heterocycles. The lowest BCUT2D eigenvalue weighted by Crippen LogP contribution is -2.34. The molecule has 1 aromatic rings. The van der Waals surface area contributed by atoms with Crippen molar-refractivity contribution in [3.63, 3.8) is 0 Å². The number of aryl methyl sites for hydroxylation is 1. The van der Waals surface area contributed by atoms with Crippen LogP contribution in [0.15, 0.2) is 18.2 Å². The van der Waals surface area contributed by atoms with Crippen molar-refractivity contribution in [2.75, 3.05) is 6.54 Å². The van der Waals surface area contributed by atoms with Gasteiger partial charge in [0, 0.05) is 16.1 Å². The molecule has 1 amide bonds.